The molecular formula is C16H20N4O6. The molecule has 2 rings (SSSR count). The van der Waals surface area contributed by atoms with Crippen LogP contribution in [-0.2, 0) is 9.53 Å². The molecule has 0 spiro atoms. The van der Waals surface area contributed by atoms with Crippen LogP contribution in [0.2, 0.25) is 0 Å². The summed E-state index contributed by atoms with van der Waals surface area (Å²) in [5, 5.41) is 13.2. The highest BCUT2D eigenvalue weighted by Crippen LogP contribution is 2.13. The fourth-order valence-corrected chi connectivity index (χ4v) is 2.48. The maximum atomic E-state index is 12.2. The van der Waals surface area contributed by atoms with E-state index in [1.54, 1.807) is 11.8 Å². The van der Waals surface area contributed by atoms with Crippen LogP contribution < -0.4 is 5.32 Å². The molecule has 1 fully saturated rings. The molecule has 1 aromatic carbocycles. The first-order chi connectivity index (χ1) is 12.4. The summed E-state index contributed by atoms with van der Waals surface area (Å²) in [5.74, 6) is -0.848. The Hall–Kier alpha value is -3.17. The van der Waals surface area contributed by atoms with Gasteiger partial charge in [0.05, 0.1) is 18.1 Å². The molecule has 0 aromatic heterocycles. The van der Waals surface area contributed by atoms with Gasteiger partial charge in [0.25, 0.3) is 11.6 Å². The van der Waals surface area contributed by atoms with Crippen LogP contribution in [0.1, 0.15) is 17.3 Å². The minimum Gasteiger partial charge on any atom is -0.450 e. The Morgan fingerprint density at radius 3 is 2.46 bits per heavy atom. The van der Waals surface area contributed by atoms with Gasteiger partial charge in [0.2, 0.25) is 5.91 Å². The summed E-state index contributed by atoms with van der Waals surface area (Å²) in [5.41, 5.74) is -0.0850. The molecule has 1 heterocycles. The van der Waals surface area contributed by atoms with E-state index in [4.69, 9.17) is 4.74 Å². The maximum absolute atomic E-state index is 12.2. The van der Waals surface area contributed by atoms with Gasteiger partial charge < -0.3 is 19.9 Å². The molecule has 1 aliphatic rings. The summed E-state index contributed by atoms with van der Waals surface area (Å²) in [4.78, 5) is 49.1. The van der Waals surface area contributed by atoms with Crippen molar-refractivity contribution in [1.82, 2.24) is 15.1 Å². The lowest BCUT2D eigenvalue weighted by atomic mass is 10.2. The third-order valence-corrected chi connectivity index (χ3v) is 3.88. The molecule has 1 aromatic rings. The summed E-state index contributed by atoms with van der Waals surface area (Å²) in [6, 6.07) is 5.28. The molecule has 0 saturated carbocycles. The average Bonchev–Trinajstić information content (AvgIpc) is 2.66. The van der Waals surface area contributed by atoms with Crippen LogP contribution in [0.5, 0.6) is 0 Å². The molecule has 1 saturated heterocycles. The van der Waals surface area contributed by atoms with Crippen molar-refractivity contribution in [3.63, 3.8) is 0 Å². The third-order valence-electron chi connectivity index (χ3n) is 3.88. The van der Waals surface area contributed by atoms with E-state index in [-0.39, 0.29) is 23.7 Å². The molecule has 0 radical (unpaired) electrons. The number of ether oxygens (including phenoxy) is 1. The number of nitrogens with zero attached hydrogens (tertiary/aromatic N) is 3. The van der Waals surface area contributed by atoms with Crippen LogP contribution in [0.4, 0.5) is 10.5 Å². The van der Waals surface area contributed by atoms with Crippen LogP contribution in [0, 0.1) is 10.1 Å². The van der Waals surface area contributed by atoms with Crippen molar-refractivity contribution in [3.05, 3.63) is 39.9 Å². The number of nitro groups is 1. The number of nitro benzene ring substituents is 1. The minimum atomic E-state index is -0.592. The average molecular weight is 364 g/mol. The first kappa shape index (κ1) is 19.2. The fourth-order valence-electron chi connectivity index (χ4n) is 2.48. The zero-order valence-corrected chi connectivity index (χ0v) is 14.3. The molecule has 1 aliphatic heterocycles. The summed E-state index contributed by atoms with van der Waals surface area (Å²) < 4.78 is 4.91. The zero-order valence-electron chi connectivity index (χ0n) is 14.3. The van der Waals surface area contributed by atoms with Crippen molar-refractivity contribution in [2.75, 3.05) is 39.3 Å². The largest absolute Gasteiger partial charge is 0.450 e. The zero-order chi connectivity index (χ0) is 19.1. The minimum absolute atomic E-state index is 0.110. The van der Waals surface area contributed by atoms with Crippen molar-refractivity contribution in [1.29, 1.82) is 0 Å². The summed E-state index contributed by atoms with van der Waals surface area (Å²) in [6.07, 6.45) is -0.404. The molecule has 1 N–H and O–H groups in total. The number of amides is 3. The van der Waals surface area contributed by atoms with Crippen LogP contribution >= 0.6 is 0 Å². The van der Waals surface area contributed by atoms with Crippen molar-refractivity contribution in [3.8, 4) is 0 Å². The Balaban J connectivity index is 1.82. The van der Waals surface area contributed by atoms with Gasteiger partial charge in [0.15, 0.2) is 0 Å². The molecule has 140 valence electrons. The monoisotopic (exact) mass is 364 g/mol. The van der Waals surface area contributed by atoms with E-state index in [0.717, 1.165) is 6.07 Å². The summed E-state index contributed by atoms with van der Waals surface area (Å²) in [6.45, 7) is 3.23. The molecular weight excluding hydrogens is 344 g/mol. The smallest absolute Gasteiger partial charge is 0.409 e. The Kier molecular flexibility index (Phi) is 6.48. The Bertz CT molecular complexity index is 700. The standard InChI is InChI=1S/C16H20N4O6/c1-2-26-16(23)19-8-6-18(7-9-19)14(21)11-17-15(22)12-4-3-5-13(10-12)20(24)25/h3-5,10H,2,6-9,11H2,1H3,(H,17,22). The number of hydrogen-bond acceptors (Lipinski definition) is 6. The normalized spacial score (nSPS) is 13.9. The number of non-ortho nitro benzene ring substituents is 1. The first-order valence-corrected chi connectivity index (χ1v) is 8.14. The van der Waals surface area contributed by atoms with Crippen molar-refractivity contribution in [2.45, 2.75) is 6.92 Å². The quantitative estimate of drug-likeness (QED) is 0.604. The highest BCUT2D eigenvalue weighted by atomic mass is 16.6. The van der Waals surface area contributed by atoms with Crippen LogP contribution in [0.25, 0.3) is 0 Å². The van der Waals surface area contributed by atoms with Gasteiger partial charge in [-0.2, -0.15) is 0 Å². The lowest BCUT2D eigenvalue weighted by Crippen LogP contribution is -2.52. The van der Waals surface area contributed by atoms with E-state index >= 15 is 0 Å². The lowest BCUT2D eigenvalue weighted by molar-refractivity contribution is -0.384. The summed E-state index contributed by atoms with van der Waals surface area (Å²) >= 11 is 0. The fraction of sp³-hybridized carbons (Fsp3) is 0.438. The molecule has 10 heteroatoms. The van der Waals surface area contributed by atoms with Gasteiger partial charge in [-0.05, 0) is 13.0 Å². The van der Waals surface area contributed by atoms with Gasteiger partial charge >= 0.3 is 6.09 Å². The van der Waals surface area contributed by atoms with E-state index in [0.29, 0.717) is 32.8 Å². The van der Waals surface area contributed by atoms with Gasteiger partial charge in [-0.3, -0.25) is 19.7 Å². The van der Waals surface area contributed by atoms with Crippen molar-refractivity contribution < 1.29 is 24.0 Å². The Labute approximate surface area is 149 Å². The van der Waals surface area contributed by atoms with Gasteiger partial charge in [-0.25, -0.2) is 4.79 Å². The second-order valence-electron chi connectivity index (χ2n) is 5.56. The molecule has 26 heavy (non-hydrogen) atoms. The van der Waals surface area contributed by atoms with E-state index < -0.39 is 16.9 Å². The predicted molar refractivity (Wildman–Crippen MR) is 90.6 cm³/mol. The van der Waals surface area contributed by atoms with Crippen LogP contribution in [-0.4, -0.2) is 72.0 Å². The second kappa shape index (κ2) is 8.79. The molecule has 10 nitrogen and oxygen atoms in total. The first-order valence-electron chi connectivity index (χ1n) is 8.14. The molecule has 0 aliphatic carbocycles. The SMILES string of the molecule is CCOC(=O)N1CCN(C(=O)CNC(=O)c2cccc([N+](=O)[O-])c2)CC1. The number of carbonyl (C=O) groups excluding carboxylic acids is 3. The molecule has 0 bridgehead atoms. The molecule has 0 unspecified atom stereocenters. The summed E-state index contributed by atoms with van der Waals surface area (Å²) in [7, 11) is 0. The number of carbonyl (C=O) groups is 3. The number of hydrogen-bond donors (Lipinski definition) is 1. The predicted octanol–water partition coefficient (Wildman–Crippen LogP) is 0.625. The topological polar surface area (TPSA) is 122 Å². The third kappa shape index (κ3) is 4.91. The number of benzene rings is 1. The van der Waals surface area contributed by atoms with E-state index in [9.17, 15) is 24.5 Å². The molecule has 3 amide bonds. The van der Waals surface area contributed by atoms with Crippen molar-refractivity contribution >= 4 is 23.6 Å². The van der Waals surface area contributed by atoms with E-state index in [1.807, 2.05) is 0 Å². The lowest BCUT2D eigenvalue weighted by Gasteiger charge is -2.34. The molecule has 0 atom stereocenters. The Morgan fingerprint density at radius 1 is 1.19 bits per heavy atom. The number of nitrogens with one attached hydrogen (secondary N) is 1. The van der Waals surface area contributed by atoms with Gasteiger partial charge in [0, 0.05) is 43.9 Å². The Morgan fingerprint density at radius 2 is 1.85 bits per heavy atom. The second-order valence-corrected chi connectivity index (χ2v) is 5.56. The van der Waals surface area contributed by atoms with Crippen LogP contribution in [0.15, 0.2) is 24.3 Å². The van der Waals surface area contributed by atoms with E-state index in [1.165, 1.54) is 23.1 Å². The van der Waals surface area contributed by atoms with Crippen molar-refractivity contribution in [2.24, 2.45) is 0 Å². The highest BCUT2D eigenvalue weighted by molar-refractivity contribution is 5.97. The number of rotatable bonds is 5. The number of piperazine rings is 1. The van der Waals surface area contributed by atoms with E-state index in [2.05, 4.69) is 5.32 Å². The van der Waals surface area contributed by atoms with Gasteiger partial charge in [-0.1, -0.05) is 6.07 Å². The van der Waals surface area contributed by atoms with Gasteiger partial charge in [0.1, 0.15) is 0 Å². The van der Waals surface area contributed by atoms with Gasteiger partial charge in [-0.15, -0.1) is 0 Å². The maximum Gasteiger partial charge on any atom is 0.409 e. The van der Waals surface area contributed by atoms with Crippen LogP contribution in [0.3, 0.4) is 0 Å². The highest BCUT2D eigenvalue weighted by Gasteiger charge is 2.25.